The van der Waals surface area contributed by atoms with Crippen LogP contribution < -0.4 is 10.2 Å². The van der Waals surface area contributed by atoms with Gasteiger partial charge in [-0.3, -0.25) is 4.79 Å². The third kappa shape index (κ3) is 4.12. The third-order valence-corrected chi connectivity index (χ3v) is 6.98. The SMILES string of the molecule is CC[C@@H](C)NC(=O)[C@@H]1CCCN(c2nc3c(s2)c(C)nn3-c2ccc(Cl)cc2)C1. The number of carbonyl (C=O) groups is 1. The molecule has 1 saturated heterocycles. The van der Waals surface area contributed by atoms with Gasteiger partial charge >= 0.3 is 0 Å². The van der Waals surface area contributed by atoms with Crippen LogP contribution in [-0.2, 0) is 4.79 Å². The summed E-state index contributed by atoms with van der Waals surface area (Å²) in [4.78, 5) is 19.8. The fraction of sp³-hybridized carbons (Fsp3) is 0.476. The number of nitrogens with one attached hydrogen (secondary N) is 1. The number of anilines is 1. The summed E-state index contributed by atoms with van der Waals surface area (Å²) in [6, 6.07) is 7.83. The van der Waals surface area contributed by atoms with Crippen molar-refractivity contribution >= 4 is 44.3 Å². The average Bonchev–Trinajstić information content (AvgIpc) is 3.29. The van der Waals surface area contributed by atoms with Crippen LogP contribution >= 0.6 is 22.9 Å². The van der Waals surface area contributed by atoms with Gasteiger partial charge in [-0.15, -0.1) is 0 Å². The maximum atomic E-state index is 12.6. The van der Waals surface area contributed by atoms with E-state index in [9.17, 15) is 4.79 Å². The normalized spacial score (nSPS) is 18.2. The van der Waals surface area contributed by atoms with Gasteiger partial charge in [-0.2, -0.15) is 10.1 Å². The first-order valence-corrected chi connectivity index (χ1v) is 11.3. The average molecular weight is 432 g/mol. The second-order valence-corrected chi connectivity index (χ2v) is 9.14. The van der Waals surface area contributed by atoms with Crippen molar-refractivity contribution in [1.82, 2.24) is 20.1 Å². The molecule has 0 saturated carbocycles. The summed E-state index contributed by atoms with van der Waals surface area (Å²) in [5.74, 6) is 0.173. The van der Waals surface area contributed by atoms with E-state index in [0.29, 0.717) is 11.6 Å². The number of rotatable bonds is 5. The van der Waals surface area contributed by atoms with Crippen molar-refractivity contribution < 1.29 is 4.79 Å². The van der Waals surface area contributed by atoms with Crippen LogP contribution in [0.15, 0.2) is 24.3 Å². The predicted octanol–water partition coefficient (Wildman–Crippen LogP) is 4.57. The van der Waals surface area contributed by atoms with E-state index >= 15 is 0 Å². The van der Waals surface area contributed by atoms with Gasteiger partial charge < -0.3 is 10.2 Å². The topological polar surface area (TPSA) is 63.1 Å². The smallest absolute Gasteiger partial charge is 0.225 e. The number of fused-ring (bicyclic) bond motifs is 1. The Bertz CT molecular complexity index is 1010. The van der Waals surface area contributed by atoms with E-state index in [-0.39, 0.29) is 17.9 Å². The van der Waals surface area contributed by atoms with Gasteiger partial charge in [0.25, 0.3) is 0 Å². The van der Waals surface area contributed by atoms with E-state index in [2.05, 4.69) is 29.2 Å². The van der Waals surface area contributed by atoms with Gasteiger partial charge in [-0.05, 0) is 57.4 Å². The molecule has 3 aromatic rings. The molecule has 1 fully saturated rings. The van der Waals surface area contributed by atoms with Crippen LogP contribution in [-0.4, -0.2) is 39.8 Å². The lowest BCUT2D eigenvalue weighted by atomic mass is 9.97. The molecule has 154 valence electrons. The number of aryl methyl sites for hydroxylation is 1. The van der Waals surface area contributed by atoms with Crippen molar-refractivity contribution in [2.24, 2.45) is 5.92 Å². The van der Waals surface area contributed by atoms with E-state index in [4.69, 9.17) is 16.6 Å². The summed E-state index contributed by atoms with van der Waals surface area (Å²) in [7, 11) is 0. The number of thiazole rings is 1. The summed E-state index contributed by atoms with van der Waals surface area (Å²) in [6.45, 7) is 7.79. The standard InChI is InChI=1S/C21H26ClN5OS/c1-4-13(2)23-20(28)15-6-5-11-26(12-15)21-24-19-18(29-21)14(3)25-27(19)17-9-7-16(22)8-10-17/h7-10,13,15H,4-6,11-12H2,1-3H3,(H,23,28)/t13-,15-/m1/s1. The molecule has 29 heavy (non-hydrogen) atoms. The second-order valence-electron chi connectivity index (χ2n) is 7.73. The minimum atomic E-state index is 0.0126. The first kappa shape index (κ1) is 20.2. The molecule has 1 amide bonds. The van der Waals surface area contributed by atoms with Crippen LogP contribution in [0.5, 0.6) is 0 Å². The molecule has 0 bridgehead atoms. The highest BCUT2D eigenvalue weighted by atomic mass is 35.5. The van der Waals surface area contributed by atoms with Crippen molar-refractivity contribution in [2.75, 3.05) is 18.0 Å². The maximum absolute atomic E-state index is 12.6. The minimum absolute atomic E-state index is 0.0126. The van der Waals surface area contributed by atoms with Crippen molar-refractivity contribution in [3.05, 3.63) is 35.0 Å². The number of hydrogen-bond acceptors (Lipinski definition) is 5. The van der Waals surface area contributed by atoms with E-state index in [1.54, 1.807) is 11.3 Å². The molecule has 2 atom stereocenters. The number of nitrogens with zero attached hydrogens (tertiary/aromatic N) is 4. The molecule has 6 nitrogen and oxygen atoms in total. The number of piperidine rings is 1. The fourth-order valence-electron chi connectivity index (χ4n) is 3.65. The maximum Gasteiger partial charge on any atom is 0.225 e. The first-order chi connectivity index (χ1) is 14.0. The zero-order valence-electron chi connectivity index (χ0n) is 17.0. The zero-order chi connectivity index (χ0) is 20.5. The van der Waals surface area contributed by atoms with E-state index in [1.807, 2.05) is 35.9 Å². The Morgan fingerprint density at radius 3 is 2.86 bits per heavy atom. The Morgan fingerprint density at radius 2 is 2.14 bits per heavy atom. The zero-order valence-corrected chi connectivity index (χ0v) is 18.6. The molecule has 1 aromatic carbocycles. The fourth-order valence-corrected chi connectivity index (χ4v) is 4.80. The molecule has 0 spiro atoms. The van der Waals surface area contributed by atoms with E-state index in [1.165, 1.54) is 0 Å². The number of hydrogen-bond donors (Lipinski definition) is 1. The van der Waals surface area contributed by atoms with Crippen LogP contribution in [0.1, 0.15) is 38.8 Å². The molecule has 0 unspecified atom stereocenters. The highest BCUT2D eigenvalue weighted by molar-refractivity contribution is 7.22. The molecule has 2 aromatic heterocycles. The highest BCUT2D eigenvalue weighted by Gasteiger charge is 2.28. The Balaban J connectivity index is 1.59. The van der Waals surface area contributed by atoms with Crippen LogP contribution in [0.25, 0.3) is 16.0 Å². The lowest BCUT2D eigenvalue weighted by Gasteiger charge is -2.32. The number of carbonyl (C=O) groups excluding carboxylic acids is 1. The van der Waals surface area contributed by atoms with Gasteiger partial charge in [0.2, 0.25) is 5.91 Å². The summed E-state index contributed by atoms with van der Waals surface area (Å²) in [6.07, 6.45) is 2.87. The molecule has 1 aliphatic rings. The van der Waals surface area contributed by atoms with Gasteiger partial charge in [0.05, 0.1) is 22.0 Å². The monoisotopic (exact) mass is 431 g/mol. The lowest BCUT2D eigenvalue weighted by Crippen LogP contribution is -2.45. The number of aromatic nitrogens is 3. The Morgan fingerprint density at radius 1 is 1.38 bits per heavy atom. The van der Waals surface area contributed by atoms with Gasteiger partial charge in [0.1, 0.15) is 0 Å². The molecule has 8 heteroatoms. The first-order valence-electron chi connectivity index (χ1n) is 10.1. The Hall–Kier alpha value is -2.12. The van der Waals surface area contributed by atoms with E-state index in [0.717, 1.165) is 52.7 Å². The number of benzene rings is 1. The van der Waals surface area contributed by atoms with Crippen molar-refractivity contribution in [1.29, 1.82) is 0 Å². The second kappa shape index (κ2) is 8.32. The Labute approximate surface area is 179 Å². The molecular weight excluding hydrogens is 406 g/mol. The van der Waals surface area contributed by atoms with Crippen LogP contribution in [0.4, 0.5) is 5.13 Å². The number of amides is 1. The highest BCUT2D eigenvalue weighted by Crippen LogP contribution is 2.34. The molecule has 1 N–H and O–H groups in total. The van der Waals surface area contributed by atoms with Gasteiger partial charge in [-0.1, -0.05) is 29.9 Å². The molecule has 0 radical (unpaired) electrons. The quantitative estimate of drug-likeness (QED) is 0.642. The Kier molecular flexibility index (Phi) is 5.79. The largest absolute Gasteiger partial charge is 0.353 e. The summed E-state index contributed by atoms with van der Waals surface area (Å²) < 4.78 is 2.96. The summed E-state index contributed by atoms with van der Waals surface area (Å²) >= 11 is 7.68. The number of halogens is 1. The molecule has 3 heterocycles. The van der Waals surface area contributed by atoms with Gasteiger partial charge in [0, 0.05) is 24.2 Å². The third-order valence-electron chi connectivity index (χ3n) is 5.51. The van der Waals surface area contributed by atoms with Crippen molar-refractivity contribution in [2.45, 2.75) is 46.1 Å². The molecule has 1 aliphatic heterocycles. The summed E-state index contributed by atoms with van der Waals surface area (Å²) in [5, 5.41) is 9.45. The molecular formula is C21H26ClN5OS. The van der Waals surface area contributed by atoms with E-state index < -0.39 is 0 Å². The molecule has 0 aliphatic carbocycles. The van der Waals surface area contributed by atoms with Gasteiger partial charge in [0.15, 0.2) is 10.8 Å². The van der Waals surface area contributed by atoms with Crippen molar-refractivity contribution in [3.63, 3.8) is 0 Å². The van der Waals surface area contributed by atoms with Crippen LogP contribution in [0.3, 0.4) is 0 Å². The summed E-state index contributed by atoms with van der Waals surface area (Å²) in [5.41, 5.74) is 2.76. The molecule has 4 rings (SSSR count). The van der Waals surface area contributed by atoms with Crippen LogP contribution in [0.2, 0.25) is 5.02 Å². The van der Waals surface area contributed by atoms with Crippen molar-refractivity contribution in [3.8, 4) is 5.69 Å². The van der Waals surface area contributed by atoms with Gasteiger partial charge in [-0.25, -0.2) is 4.68 Å². The minimum Gasteiger partial charge on any atom is -0.353 e. The predicted molar refractivity (Wildman–Crippen MR) is 119 cm³/mol. The lowest BCUT2D eigenvalue weighted by molar-refractivity contribution is -0.125. The van der Waals surface area contributed by atoms with Crippen LogP contribution in [0, 0.1) is 12.8 Å².